The van der Waals surface area contributed by atoms with Crippen molar-refractivity contribution in [2.24, 2.45) is 5.73 Å². The van der Waals surface area contributed by atoms with Crippen molar-refractivity contribution in [3.05, 3.63) is 35.9 Å². The molecule has 0 heterocycles. The van der Waals surface area contributed by atoms with Crippen molar-refractivity contribution in [2.75, 3.05) is 6.54 Å². The summed E-state index contributed by atoms with van der Waals surface area (Å²) in [5.41, 5.74) is 7.09. The highest BCUT2D eigenvalue weighted by Crippen LogP contribution is 2.44. The molecule has 1 fully saturated rings. The van der Waals surface area contributed by atoms with E-state index in [0.717, 1.165) is 6.42 Å². The Morgan fingerprint density at radius 2 is 1.81 bits per heavy atom. The number of benzene rings is 1. The van der Waals surface area contributed by atoms with E-state index in [2.05, 4.69) is 24.3 Å². The molecule has 1 saturated carbocycles. The maximum Gasteiger partial charge on any atom is 0.0670 e. The van der Waals surface area contributed by atoms with E-state index in [1.54, 1.807) is 0 Å². The Morgan fingerprint density at radius 1 is 1.19 bits per heavy atom. The number of nitrogens with two attached hydrogens (primary N) is 1. The van der Waals surface area contributed by atoms with E-state index >= 15 is 0 Å². The molecule has 0 amide bonds. The first kappa shape index (κ1) is 11.6. The Kier molecular flexibility index (Phi) is 3.62. The van der Waals surface area contributed by atoms with Gasteiger partial charge < -0.3 is 10.8 Å². The van der Waals surface area contributed by atoms with Gasteiger partial charge in [-0.2, -0.15) is 0 Å². The summed E-state index contributed by atoms with van der Waals surface area (Å²) in [6, 6.07) is 10.6. The molecule has 2 heteroatoms. The summed E-state index contributed by atoms with van der Waals surface area (Å²) in [5.74, 6) is 0. The molecule has 1 aliphatic rings. The highest BCUT2D eigenvalue weighted by atomic mass is 16.3. The van der Waals surface area contributed by atoms with Crippen LogP contribution in [0.5, 0.6) is 0 Å². The molecule has 1 unspecified atom stereocenters. The molecule has 88 valence electrons. The van der Waals surface area contributed by atoms with Crippen molar-refractivity contribution in [3.8, 4) is 0 Å². The summed E-state index contributed by atoms with van der Waals surface area (Å²) in [6.07, 6.45) is 5.37. The van der Waals surface area contributed by atoms with Gasteiger partial charge in [-0.25, -0.2) is 0 Å². The lowest BCUT2D eigenvalue weighted by Gasteiger charge is -2.31. The minimum Gasteiger partial charge on any atom is -0.392 e. The van der Waals surface area contributed by atoms with E-state index in [1.807, 2.05) is 6.07 Å². The Hall–Kier alpha value is -0.860. The van der Waals surface area contributed by atoms with E-state index in [1.165, 1.54) is 31.2 Å². The molecular formula is C14H21NO. The van der Waals surface area contributed by atoms with Gasteiger partial charge in [-0.1, -0.05) is 43.2 Å². The molecular weight excluding hydrogens is 198 g/mol. The van der Waals surface area contributed by atoms with Crippen LogP contribution in [0.25, 0.3) is 0 Å². The average molecular weight is 219 g/mol. The molecule has 1 aromatic carbocycles. The van der Waals surface area contributed by atoms with Gasteiger partial charge in [0.2, 0.25) is 0 Å². The van der Waals surface area contributed by atoms with E-state index in [4.69, 9.17) is 5.73 Å². The fraction of sp³-hybridized carbons (Fsp3) is 0.571. The van der Waals surface area contributed by atoms with Gasteiger partial charge in [-0.3, -0.25) is 0 Å². The second-order valence-corrected chi connectivity index (χ2v) is 4.95. The van der Waals surface area contributed by atoms with Crippen molar-refractivity contribution >= 4 is 0 Å². The maximum absolute atomic E-state index is 9.82. The summed E-state index contributed by atoms with van der Waals surface area (Å²) in [4.78, 5) is 0. The number of hydrogen-bond acceptors (Lipinski definition) is 2. The highest BCUT2D eigenvalue weighted by molar-refractivity contribution is 5.26. The molecule has 2 nitrogen and oxygen atoms in total. The third-order valence-electron chi connectivity index (χ3n) is 3.85. The predicted molar refractivity (Wildman–Crippen MR) is 66.3 cm³/mol. The predicted octanol–water partition coefficient (Wildman–Crippen LogP) is 2.21. The minimum atomic E-state index is -0.363. The summed E-state index contributed by atoms with van der Waals surface area (Å²) in [7, 11) is 0. The molecule has 0 aliphatic heterocycles. The lowest BCUT2D eigenvalue weighted by Crippen LogP contribution is -2.32. The first-order valence-corrected chi connectivity index (χ1v) is 6.20. The van der Waals surface area contributed by atoms with E-state index in [9.17, 15) is 5.11 Å². The Balaban J connectivity index is 2.22. The van der Waals surface area contributed by atoms with Crippen LogP contribution in [0.2, 0.25) is 0 Å². The van der Waals surface area contributed by atoms with Crippen LogP contribution < -0.4 is 5.73 Å². The van der Waals surface area contributed by atoms with Crippen molar-refractivity contribution in [3.63, 3.8) is 0 Å². The van der Waals surface area contributed by atoms with Crippen molar-refractivity contribution in [1.29, 1.82) is 0 Å². The zero-order valence-electron chi connectivity index (χ0n) is 9.73. The van der Waals surface area contributed by atoms with Crippen LogP contribution in [-0.2, 0) is 5.41 Å². The van der Waals surface area contributed by atoms with Crippen LogP contribution in [0.15, 0.2) is 30.3 Å². The third-order valence-corrected chi connectivity index (χ3v) is 3.85. The van der Waals surface area contributed by atoms with Crippen LogP contribution >= 0.6 is 0 Å². The third kappa shape index (κ3) is 2.28. The van der Waals surface area contributed by atoms with E-state index < -0.39 is 0 Å². The summed E-state index contributed by atoms with van der Waals surface area (Å²) in [5, 5.41) is 9.82. The maximum atomic E-state index is 9.82. The molecule has 0 spiro atoms. The van der Waals surface area contributed by atoms with Gasteiger partial charge in [0.1, 0.15) is 0 Å². The monoisotopic (exact) mass is 219 g/mol. The standard InChI is InChI=1S/C14H21NO/c15-11-13(16)10-14(8-4-5-9-14)12-6-2-1-3-7-12/h1-3,6-7,13,16H,4-5,8-11,15H2. The second kappa shape index (κ2) is 4.98. The van der Waals surface area contributed by atoms with Gasteiger partial charge in [0.25, 0.3) is 0 Å². The zero-order chi connectivity index (χ0) is 11.4. The fourth-order valence-electron chi connectivity index (χ4n) is 2.99. The molecule has 0 aromatic heterocycles. The van der Waals surface area contributed by atoms with Gasteiger partial charge in [0.15, 0.2) is 0 Å². The number of aliphatic hydroxyl groups excluding tert-OH is 1. The highest BCUT2D eigenvalue weighted by Gasteiger charge is 2.36. The van der Waals surface area contributed by atoms with Gasteiger partial charge in [0.05, 0.1) is 6.10 Å². The molecule has 0 saturated heterocycles. The van der Waals surface area contributed by atoms with Crippen LogP contribution in [-0.4, -0.2) is 17.8 Å². The molecule has 1 aliphatic carbocycles. The summed E-state index contributed by atoms with van der Waals surface area (Å²) in [6.45, 7) is 0.370. The lowest BCUT2D eigenvalue weighted by molar-refractivity contribution is 0.137. The quantitative estimate of drug-likeness (QED) is 0.815. The molecule has 1 aromatic rings. The summed E-state index contributed by atoms with van der Waals surface area (Å²) < 4.78 is 0. The first-order valence-electron chi connectivity index (χ1n) is 6.20. The normalized spacial score (nSPS) is 20.9. The van der Waals surface area contributed by atoms with Gasteiger partial charge in [-0.15, -0.1) is 0 Å². The van der Waals surface area contributed by atoms with Gasteiger partial charge >= 0.3 is 0 Å². The zero-order valence-corrected chi connectivity index (χ0v) is 9.73. The number of aliphatic hydroxyl groups is 1. The van der Waals surface area contributed by atoms with E-state index in [0.29, 0.717) is 6.54 Å². The van der Waals surface area contributed by atoms with Crippen LogP contribution in [0.1, 0.15) is 37.7 Å². The number of hydrogen-bond donors (Lipinski definition) is 2. The molecule has 2 rings (SSSR count). The van der Waals surface area contributed by atoms with Crippen molar-refractivity contribution < 1.29 is 5.11 Å². The van der Waals surface area contributed by atoms with Crippen molar-refractivity contribution in [1.82, 2.24) is 0 Å². The van der Waals surface area contributed by atoms with Crippen LogP contribution in [0.4, 0.5) is 0 Å². The SMILES string of the molecule is NCC(O)CC1(c2ccccc2)CCCC1. The second-order valence-electron chi connectivity index (χ2n) is 4.95. The fourth-order valence-corrected chi connectivity index (χ4v) is 2.99. The lowest BCUT2D eigenvalue weighted by atomic mass is 9.74. The molecule has 0 radical (unpaired) electrons. The molecule has 16 heavy (non-hydrogen) atoms. The molecule has 3 N–H and O–H groups in total. The van der Waals surface area contributed by atoms with E-state index in [-0.39, 0.29) is 11.5 Å². The topological polar surface area (TPSA) is 46.2 Å². The smallest absolute Gasteiger partial charge is 0.0670 e. The Bertz CT molecular complexity index is 317. The first-order chi connectivity index (χ1) is 7.77. The summed E-state index contributed by atoms with van der Waals surface area (Å²) >= 11 is 0. The van der Waals surface area contributed by atoms with Crippen LogP contribution in [0, 0.1) is 0 Å². The average Bonchev–Trinajstić information content (AvgIpc) is 2.80. The Morgan fingerprint density at radius 3 is 2.38 bits per heavy atom. The minimum absolute atomic E-state index is 0.181. The largest absolute Gasteiger partial charge is 0.392 e. The number of rotatable bonds is 4. The van der Waals surface area contributed by atoms with Gasteiger partial charge in [-0.05, 0) is 30.2 Å². The molecule has 1 atom stereocenters. The Labute approximate surface area is 97.5 Å². The molecule has 0 bridgehead atoms. The van der Waals surface area contributed by atoms with Gasteiger partial charge in [0, 0.05) is 6.54 Å². The van der Waals surface area contributed by atoms with Crippen LogP contribution in [0.3, 0.4) is 0 Å². The van der Waals surface area contributed by atoms with Crippen molar-refractivity contribution in [2.45, 2.75) is 43.6 Å².